The molecular weight excluding hydrogens is 1350 g/mol. The molecule has 0 aliphatic heterocycles. The second-order valence-corrected chi connectivity index (χ2v) is 41.5. The SMILES string of the molecule is C[Si](C)(C)O[Si](C)(O[Si](C)(C)C)c1cccc(N(c2ccc(-c3ccc(N(c4ccccc4)c4ccc(-c5ccc(N(c6ccccc6)c6ccccc6)cc5)cc4)cc3)cc2)c2ccc(-c3ccc(N(c4ccccc4)c4ccc(-c5ccc(N(c6ccccc6)c6ccccc6)cc5)cc4)cc3)cc2)c1. The Morgan fingerprint density at radius 1 is 0.159 bits per heavy atom. The average Bonchev–Trinajstić information content (AvgIpc) is 0.789. The summed E-state index contributed by atoms with van der Waals surface area (Å²) in [7, 11) is -6.98. The van der Waals surface area contributed by atoms with E-state index < -0.39 is 25.2 Å². The molecule has 0 saturated heterocycles. The van der Waals surface area contributed by atoms with E-state index in [0.29, 0.717) is 0 Å². The molecular formula is C97H87N5O2Si3. The van der Waals surface area contributed by atoms with Crippen LogP contribution < -0.4 is 29.7 Å². The van der Waals surface area contributed by atoms with Gasteiger partial charge in [0.05, 0.1) is 0 Å². The van der Waals surface area contributed by atoms with Gasteiger partial charge in [0.15, 0.2) is 16.6 Å². The van der Waals surface area contributed by atoms with Crippen LogP contribution in [0.15, 0.2) is 400 Å². The number of hydrogen-bond donors (Lipinski definition) is 0. The maximum Gasteiger partial charge on any atom is 0.348 e. The van der Waals surface area contributed by atoms with Crippen LogP contribution in [-0.2, 0) is 8.23 Å². The van der Waals surface area contributed by atoms with Crippen molar-refractivity contribution < 1.29 is 8.23 Å². The number of rotatable bonds is 24. The van der Waals surface area contributed by atoms with Gasteiger partial charge in [-0.2, -0.15) is 0 Å². The summed E-state index contributed by atoms with van der Waals surface area (Å²) in [4.78, 5) is 11.6. The normalized spacial score (nSPS) is 11.6. The lowest BCUT2D eigenvalue weighted by molar-refractivity contribution is 0.404. The molecule has 0 atom stereocenters. The number of anilines is 15. The van der Waals surface area contributed by atoms with E-state index in [1.54, 1.807) is 0 Å². The number of benzene rings is 15. The summed E-state index contributed by atoms with van der Waals surface area (Å²) in [6.45, 7) is 15.9. The minimum absolute atomic E-state index is 1.04. The molecule has 0 unspecified atom stereocenters. The fourth-order valence-corrected chi connectivity index (χ4v) is 26.0. The lowest BCUT2D eigenvalue weighted by atomic mass is 10.0. The van der Waals surface area contributed by atoms with Gasteiger partial charge in [0.1, 0.15) is 0 Å². The Balaban J connectivity index is 0.696. The van der Waals surface area contributed by atoms with Gasteiger partial charge in [-0.05, 0) is 278 Å². The molecule has 15 rings (SSSR count). The molecule has 15 aromatic rings. The highest BCUT2D eigenvalue weighted by molar-refractivity contribution is 6.94. The van der Waals surface area contributed by atoms with Gasteiger partial charge < -0.3 is 32.7 Å². The van der Waals surface area contributed by atoms with Gasteiger partial charge in [-0.1, -0.05) is 218 Å². The fraction of sp³-hybridized carbons (Fsp3) is 0.0722. The quantitative estimate of drug-likeness (QED) is 0.0558. The zero-order valence-electron chi connectivity index (χ0n) is 61.7. The standard InChI is InChI=1S/C97H87N5O2Si3/c1-105(2,3)103-107(7,104-106(4,5)6)97-40-26-39-96(73-97)102(94-69-53-80(54-70-94)78-49-65-92(66-50-78)100(86-35-22-12-23-36-86)90-61-45-76(46-62-90)74-41-57-88(58-42-74)98(82-27-14-8-15-28-82)83-29-16-9-17-30-83)95-71-55-81(56-72-95)79-51-67-93(68-52-79)101(87-37-24-13-25-38-87)91-63-47-77(48-64-91)75-43-59-89(60-44-75)99(84-31-18-10-19-32-84)85-33-20-11-21-34-85/h8-73H,1-7H3. The van der Waals surface area contributed by atoms with E-state index in [1.165, 1.54) is 0 Å². The summed E-state index contributed by atoms with van der Waals surface area (Å²) in [5.41, 5.74) is 25.3. The molecule has 0 bridgehead atoms. The molecule has 0 saturated carbocycles. The highest BCUT2D eigenvalue weighted by Gasteiger charge is 2.42. The van der Waals surface area contributed by atoms with Crippen LogP contribution in [-0.4, -0.2) is 25.2 Å². The van der Waals surface area contributed by atoms with Crippen LogP contribution >= 0.6 is 0 Å². The molecule has 0 amide bonds. The highest BCUT2D eigenvalue weighted by Crippen LogP contribution is 2.44. The third kappa shape index (κ3) is 16.4. The Morgan fingerprint density at radius 2 is 0.308 bits per heavy atom. The second-order valence-electron chi connectivity index (χ2n) is 29.0. The Morgan fingerprint density at radius 3 is 0.477 bits per heavy atom. The van der Waals surface area contributed by atoms with Crippen LogP contribution in [0.2, 0.25) is 45.8 Å². The Kier molecular flexibility index (Phi) is 20.6. The van der Waals surface area contributed by atoms with Crippen molar-refractivity contribution in [3.63, 3.8) is 0 Å². The maximum absolute atomic E-state index is 7.18. The monoisotopic (exact) mass is 1440 g/mol. The molecule has 0 aliphatic carbocycles. The molecule has 15 aromatic carbocycles. The first-order valence-electron chi connectivity index (χ1n) is 36.8. The second kappa shape index (κ2) is 31.3. The molecule has 0 fully saturated rings. The molecule has 7 nitrogen and oxygen atoms in total. The lowest BCUT2D eigenvalue weighted by Crippen LogP contribution is -2.60. The lowest BCUT2D eigenvalue weighted by Gasteiger charge is -2.39. The topological polar surface area (TPSA) is 34.7 Å². The first-order chi connectivity index (χ1) is 52.1. The van der Waals surface area contributed by atoms with E-state index in [4.69, 9.17) is 8.23 Å². The van der Waals surface area contributed by atoms with Crippen LogP contribution in [0, 0.1) is 0 Å². The summed E-state index contributed by atoms with van der Waals surface area (Å²) in [6, 6.07) is 144. The van der Waals surface area contributed by atoms with E-state index >= 15 is 0 Å². The molecule has 107 heavy (non-hydrogen) atoms. The van der Waals surface area contributed by atoms with Crippen LogP contribution in [0.25, 0.3) is 44.5 Å². The van der Waals surface area contributed by atoms with Crippen molar-refractivity contribution >= 4 is 116 Å². The highest BCUT2D eigenvalue weighted by atomic mass is 28.5. The minimum atomic E-state index is -2.89. The van der Waals surface area contributed by atoms with Crippen LogP contribution in [0.3, 0.4) is 0 Å². The molecule has 0 N–H and O–H groups in total. The zero-order chi connectivity index (χ0) is 73.3. The number of nitrogens with zero attached hydrogens (tertiary/aromatic N) is 5. The number of hydrogen-bond acceptors (Lipinski definition) is 7. The van der Waals surface area contributed by atoms with Crippen molar-refractivity contribution in [3.8, 4) is 44.5 Å². The molecule has 0 heterocycles. The fourth-order valence-electron chi connectivity index (χ4n) is 14.4. The Hall–Kier alpha value is -12.1. The third-order valence-corrected chi connectivity index (χ3v) is 28.4. The van der Waals surface area contributed by atoms with Crippen molar-refractivity contribution in [2.75, 3.05) is 24.5 Å². The molecule has 10 heteroatoms. The maximum atomic E-state index is 7.18. The van der Waals surface area contributed by atoms with Crippen LogP contribution in [0.4, 0.5) is 85.3 Å². The van der Waals surface area contributed by atoms with E-state index in [9.17, 15) is 0 Å². The first-order valence-corrected chi connectivity index (χ1v) is 45.9. The van der Waals surface area contributed by atoms with Crippen LogP contribution in [0.5, 0.6) is 0 Å². The predicted molar refractivity (Wildman–Crippen MR) is 462 cm³/mol. The smallest absolute Gasteiger partial charge is 0.348 e. The van der Waals surface area contributed by atoms with Gasteiger partial charge in [0, 0.05) is 85.3 Å². The first kappa shape index (κ1) is 70.5. The molecule has 0 radical (unpaired) electrons. The summed E-state index contributed by atoms with van der Waals surface area (Å²) in [6.07, 6.45) is 0. The van der Waals surface area contributed by atoms with Gasteiger partial charge in [0.2, 0.25) is 0 Å². The molecule has 0 spiro atoms. The summed E-state index contributed by atoms with van der Waals surface area (Å²) >= 11 is 0. The van der Waals surface area contributed by atoms with Crippen molar-refractivity contribution in [1.82, 2.24) is 0 Å². The minimum Gasteiger partial charge on any atom is -0.433 e. The van der Waals surface area contributed by atoms with Gasteiger partial charge in [-0.25, -0.2) is 0 Å². The van der Waals surface area contributed by atoms with Gasteiger partial charge in [-0.3, -0.25) is 0 Å². The predicted octanol–water partition coefficient (Wildman–Crippen LogP) is 27.7. The summed E-state index contributed by atoms with van der Waals surface area (Å²) in [5, 5.41) is 1.13. The average molecular weight is 1440 g/mol. The molecule has 0 aliphatic rings. The Labute approximate surface area is 634 Å². The van der Waals surface area contributed by atoms with Gasteiger partial charge >= 0.3 is 8.56 Å². The molecule has 0 aromatic heterocycles. The third-order valence-electron chi connectivity index (χ3n) is 19.1. The Bertz CT molecular complexity index is 4970. The van der Waals surface area contributed by atoms with Gasteiger partial charge in [0.25, 0.3) is 0 Å². The zero-order valence-corrected chi connectivity index (χ0v) is 64.7. The van der Waals surface area contributed by atoms with Gasteiger partial charge in [-0.15, -0.1) is 0 Å². The van der Waals surface area contributed by atoms with Crippen molar-refractivity contribution in [1.29, 1.82) is 0 Å². The van der Waals surface area contributed by atoms with E-state index in [2.05, 4.69) is 471 Å². The van der Waals surface area contributed by atoms with Crippen molar-refractivity contribution in [2.45, 2.75) is 45.8 Å². The van der Waals surface area contributed by atoms with Crippen molar-refractivity contribution in [2.24, 2.45) is 0 Å². The van der Waals surface area contributed by atoms with Crippen molar-refractivity contribution in [3.05, 3.63) is 400 Å². The van der Waals surface area contributed by atoms with E-state index in [0.717, 1.165) is 135 Å². The summed E-state index contributed by atoms with van der Waals surface area (Å²) < 4.78 is 14.4. The number of para-hydroxylation sites is 6. The van der Waals surface area contributed by atoms with E-state index in [-0.39, 0.29) is 0 Å². The van der Waals surface area contributed by atoms with Crippen LogP contribution in [0.1, 0.15) is 0 Å². The summed E-state index contributed by atoms with van der Waals surface area (Å²) in [5.74, 6) is 0. The largest absolute Gasteiger partial charge is 0.433 e. The molecule has 524 valence electrons. The van der Waals surface area contributed by atoms with E-state index in [1.807, 2.05) is 0 Å².